The first-order chi connectivity index (χ1) is 7.31. The molecule has 0 aliphatic carbocycles. The fourth-order valence-electron chi connectivity index (χ4n) is 1.32. The number of carbonyl (C=O) groups is 1. The molecule has 0 aliphatic heterocycles. The van der Waals surface area contributed by atoms with Gasteiger partial charge in [-0.15, -0.1) is 0 Å². The monoisotopic (exact) mass is 232 g/mol. The molecule has 0 saturated carbocycles. The summed E-state index contributed by atoms with van der Waals surface area (Å²) < 4.78 is 0. The number of thioether (sulfide) groups is 1. The number of nitrogens with two attached hydrogens (primary N) is 1. The van der Waals surface area contributed by atoms with Gasteiger partial charge in [0, 0.05) is 12.2 Å². The quantitative estimate of drug-likeness (QED) is 0.263. The molecule has 0 fully saturated rings. The Morgan fingerprint density at radius 3 is 2.47 bits per heavy atom. The molecule has 90 valence electrons. The van der Waals surface area contributed by atoms with Crippen LogP contribution in [0, 0.1) is 0 Å². The highest BCUT2D eigenvalue weighted by Crippen LogP contribution is 2.10. The van der Waals surface area contributed by atoms with Crippen molar-refractivity contribution in [3.8, 4) is 0 Å². The third kappa shape index (κ3) is 11.7. The molecule has 0 spiro atoms. The van der Waals surface area contributed by atoms with Crippen molar-refractivity contribution in [2.45, 2.75) is 51.9 Å². The maximum Gasteiger partial charge on any atom is 0.234 e. The molecule has 3 N–H and O–H groups in total. The summed E-state index contributed by atoms with van der Waals surface area (Å²) in [4.78, 5) is 10.8. The lowest BCUT2D eigenvalue weighted by Gasteiger charge is -2.01. The lowest BCUT2D eigenvalue weighted by Crippen LogP contribution is -2.30. The van der Waals surface area contributed by atoms with E-state index in [4.69, 9.17) is 5.84 Å². The Morgan fingerprint density at radius 2 is 1.80 bits per heavy atom. The number of carbonyl (C=O) groups excluding carboxylic acids is 1. The van der Waals surface area contributed by atoms with Crippen LogP contribution in [0.4, 0.5) is 0 Å². The minimum absolute atomic E-state index is 0.0644. The van der Waals surface area contributed by atoms with Gasteiger partial charge in [-0.1, -0.05) is 39.0 Å². The second-order valence-electron chi connectivity index (χ2n) is 3.70. The summed E-state index contributed by atoms with van der Waals surface area (Å²) in [5.41, 5.74) is 2.14. The molecule has 0 bridgehead atoms. The van der Waals surface area contributed by atoms with Crippen LogP contribution in [0.15, 0.2) is 0 Å². The molecule has 0 radical (unpaired) electrons. The first kappa shape index (κ1) is 14.8. The number of hydrazine groups is 1. The zero-order valence-electron chi connectivity index (χ0n) is 9.76. The van der Waals surface area contributed by atoms with Crippen LogP contribution in [0.3, 0.4) is 0 Å². The van der Waals surface area contributed by atoms with Gasteiger partial charge in [-0.3, -0.25) is 10.2 Å². The Balaban J connectivity index is 2.95. The maximum atomic E-state index is 10.8. The molecule has 0 aromatic carbocycles. The molecular formula is C11H24N2OS. The Bertz CT molecular complexity index is 154. The standard InChI is InChI=1S/C11H24N2OS/c1-2-3-4-5-6-7-9-15-10-8-11(14)13-12/h2-10,12H2,1H3,(H,13,14). The Kier molecular flexibility index (Phi) is 11.7. The summed E-state index contributed by atoms with van der Waals surface area (Å²) in [5.74, 6) is 6.97. The second kappa shape index (κ2) is 11.9. The molecule has 0 unspecified atom stereocenters. The summed E-state index contributed by atoms with van der Waals surface area (Å²) in [5, 5.41) is 0. The summed E-state index contributed by atoms with van der Waals surface area (Å²) in [6.45, 7) is 2.23. The summed E-state index contributed by atoms with van der Waals surface area (Å²) in [7, 11) is 0. The highest BCUT2D eigenvalue weighted by atomic mass is 32.2. The van der Waals surface area contributed by atoms with Crippen molar-refractivity contribution in [1.82, 2.24) is 5.43 Å². The lowest BCUT2D eigenvalue weighted by atomic mass is 10.1. The number of rotatable bonds is 10. The fourth-order valence-corrected chi connectivity index (χ4v) is 2.27. The van der Waals surface area contributed by atoms with E-state index in [9.17, 15) is 4.79 Å². The van der Waals surface area contributed by atoms with Crippen molar-refractivity contribution in [2.24, 2.45) is 5.84 Å². The van der Waals surface area contributed by atoms with Crippen molar-refractivity contribution in [1.29, 1.82) is 0 Å². The van der Waals surface area contributed by atoms with Gasteiger partial charge in [0.25, 0.3) is 0 Å². The zero-order valence-corrected chi connectivity index (χ0v) is 10.6. The van der Waals surface area contributed by atoms with Gasteiger partial charge in [-0.2, -0.15) is 11.8 Å². The number of hydrogen-bond donors (Lipinski definition) is 2. The van der Waals surface area contributed by atoms with Crippen LogP contribution in [-0.2, 0) is 4.79 Å². The number of amides is 1. The smallest absolute Gasteiger partial charge is 0.234 e. The molecular weight excluding hydrogens is 208 g/mol. The van der Waals surface area contributed by atoms with Gasteiger partial charge in [-0.05, 0) is 12.2 Å². The number of hydrogen-bond acceptors (Lipinski definition) is 3. The lowest BCUT2D eigenvalue weighted by molar-refractivity contribution is -0.120. The number of unbranched alkanes of at least 4 members (excludes halogenated alkanes) is 5. The van der Waals surface area contributed by atoms with Gasteiger partial charge in [0.2, 0.25) is 5.91 Å². The van der Waals surface area contributed by atoms with Crippen LogP contribution in [0.5, 0.6) is 0 Å². The Hall–Kier alpha value is -0.220. The first-order valence-corrected chi connectivity index (χ1v) is 7.04. The van der Waals surface area contributed by atoms with E-state index in [2.05, 4.69) is 12.3 Å². The highest BCUT2D eigenvalue weighted by molar-refractivity contribution is 7.99. The zero-order chi connectivity index (χ0) is 11.4. The van der Waals surface area contributed by atoms with E-state index in [0.717, 1.165) is 5.75 Å². The molecule has 0 aromatic heterocycles. The predicted molar refractivity (Wildman–Crippen MR) is 67.6 cm³/mol. The fraction of sp³-hybridized carbons (Fsp3) is 0.909. The Labute approximate surface area is 97.5 Å². The normalized spacial score (nSPS) is 10.3. The number of nitrogens with one attached hydrogen (secondary N) is 1. The van der Waals surface area contributed by atoms with Gasteiger partial charge in [0.1, 0.15) is 0 Å². The summed E-state index contributed by atoms with van der Waals surface area (Å²) >= 11 is 1.84. The van der Waals surface area contributed by atoms with E-state index in [0.29, 0.717) is 6.42 Å². The van der Waals surface area contributed by atoms with E-state index < -0.39 is 0 Å². The van der Waals surface area contributed by atoms with E-state index >= 15 is 0 Å². The van der Waals surface area contributed by atoms with Crippen LogP contribution in [-0.4, -0.2) is 17.4 Å². The van der Waals surface area contributed by atoms with E-state index in [1.165, 1.54) is 44.3 Å². The topological polar surface area (TPSA) is 55.1 Å². The van der Waals surface area contributed by atoms with E-state index in [1.807, 2.05) is 11.8 Å². The molecule has 0 heterocycles. The van der Waals surface area contributed by atoms with Gasteiger partial charge in [-0.25, -0.2) is 5.84 Å². The molecule has 0 rings (SSSR count). The largest absolute Gasteiger partial charge is 0.294 e. The molecule has 0 saturated heterocycles. The molecule has 0 aromatic rings. The van der Waals surface area contributed by atoms with Crippen molar-refractivity contribution in [3.63, 3.8) is 0 Å². The Morgan fingerprint density at radius 1 is 1.13 bits per heavy atom. The van der Waals surface area contributed by atoms with Gasteiger partial charge < -0.3 is 0 Å². The SMILES string of the molecule is CCCCCCCCSCCC(=O)NN. The third-order valence-electron chi connectivity index (χ3n) is 2.28. The van der Waals surface area contributed by atoms with Crippen LogP contribution >= 0.6 is 11.8 Å². The van der Waals surface area contributed by atoms with Gasteiger partial charge in [0.05, 0.1) is 0 Å². The minimum Gasteiger partial charge on any atom is -0.294 e. The third-order valence-corrected chi connectivity index (χ3v) is 3.35. The molecule has 15 heavy (non-hydrogen) atoms. The molecule has 3 nitrogen and oxygen atoms in total. The molecule has 0 aliphatic rings. The van der Waals surface area contributed by atoms with E-state index in [1.54, 1.807) is 0 Å². The first-order valence-electron chi connectivity index (χ1n) is 5.88. The summed E-state index contributed by atoms with van der Waals surface area (Å²) in [6.07, 6.45) is 8.55. The predicted octanol–water partition coefficient (Wildman–Crippen LogP) is 2.46. The van der Waals surface area contributed by atoms with Crippen LogP contribution in [0.2, 0.25) is 0 Å². The van der Waals surface area contributed by atoms with Gasteiger partial charge >= 0.3 is 0 Å². The van der Waals surface area contributed by atoms with E-state index in [-0.39, 0.29) is 5.91 Å². The maximum absolute atomic E-state index is 10.8. The van der Waals surface area contributed by atoms with Crippen molar-refractivity contribution in [2.75, 3.05) is 11.5 Å². The summed E-state index contributed by atoms with van der Waals surface area (Å²) in [6, 6.07) is 0. The second-order valence-corrected chi connectivity index (χ2v) is 4.92. The highest BCUT2D eigenvalue weighted by Gasteiger charge is 1.97. The van der Waals surface area contributed by atoms with Crippen molar-refractivity contribution >= 4 is 17.7 Å². The van der Waals surface area contributed by atoms with Crippen LogP contribution in [0.25, 0.3) is 0 Å². The van der Waals surface area contributed by atoms with Gasteiger partial charge in [0.15, 0.2) is 0 Å². The molecule has 4 heteroatoms. The average molecular weight is 232 g/mol. The average Bonchev–Trinajstić information content (AvgIpc) is 2.26. The van der Waals surface area contributed by atoms with Crippen molar-refractivity contribution in [3.05, 3.63) is 0 Å². The van der Waals surface area contributed by atoms with Crippen LogP contribution < -0.4 is 11.3 Å². The molecule has 0 atom stereocenters. The minimum atomic E-state index is -0.0644. The molecule has 1 amide bonds. The van der Waals surface area contributed by atoms with Crippen LogP contribution in [0.1, 0.15) is 51.9 Å². The van der Waals surface area contributed by atoms with Crippen molar-refractivity contribution < 1.29 is 4.79 Å².